The zero-order valence-electron chi connectivity index (χ0n) is 12.0. The number of aliphatic carboxylic acids is 1. The van der Waals surface area contributed by atoms with Crippen LogP contribution >= 0.6 is 0 Å². The fraction of sp³-hybridized carbons (Fsp3) is 0.467. The number of carboxylic acid groups (broad SMARTS) is 1. The van der Waals surface area contributed by atoms with Crippen LogP contribution in [0.2, 0.25) is 0 Å². The molecule has 1 aliphatic heterocycles. The van der Waals surface area contributed by atoms with Gasteiger partial charge >= 0.3 is 12.0 Å². The lowest BCUT2D eigenvalue weighted by molar-refractivity contribution is -0.139. The molecule has 1 aliphatic rings. The van der Waals surface area contributed by atoms with E-state index in [-0.39, 0.29) is 0 Å². The lowest BCUT2D eigenvalue weighted by atomic mass is 9.94. The third-order valence-electron chi connectivity index (χ3n) is 3.78. The molecule has 1 fully saturated rings. The summed E-state index contributed by atoms with van der Waals surface area (Å²) in [6, 6.07) is 7.10. The van der Waals surface area contributed by atoms with Gasteiger partial charge in [0, 0.05) is 13.1 Å². The van der Waals surface area contributed by atoms with Gasteiger partial charge in [-0.15, -0.1) is 0 Å². The predicted octanol–water partition coefficient (Wildman–Crippen LogP) is 1.37. The van der Waals surface area contributed by atoms with E-state index >= 15 is 0 Å². The van der Waals surface area contributed by atoms with Crippen LogP contribution in [0.1, 0.15) is 31.4 Å². The van der Waals surface area contributed by atoms with Gasteiger partial charge in [0.2, 0.25) is 0 Å². The molecule has 0 bridgehead atoms. The minimum atomic E-state index is -1.10. The maximum Gasteiger partial charge on any atom is 0.330 e. The van der Waals surface area contributed by atoms with Crippen molar-refractivity contribution in [3.63, 3.8) is 0 Å². The van der Waals surface area contributed by atoms with Gasteiger partial charge in [-0.2, -0.15) is 0 Å². The molecule has 114 valence electrons. The molecule has 1 heterocycles. The van der Waals surface area contributed by atoms with Crippen LogP contribution < -0.4 is 5.32 Å². The highest BCUT2D eigenvalue weighted by atomic mass is 16.4. The Balaban J connectivity index is 2.01. The fourth-order valence-corrected chi connectivity index (χ4v) is 2.34. The van der Waals surface area contributed by atoms with Crippen molar-refractivity contribution >= 4 is 12.0 Å². The number of carboxylic acids is 1. The normalized spacial score (nSPS) is 18.9. The minimum Gasteiger partial charge on any atom is -0.479 e. The number of nitrogens with zero attached hydrogens (tertiary/aromatic N) is 1. The minimum absolute atomic E-state index is 0.415. The Morgan fingerprint density at radius 3 is 2.33 bits per heavy atom. The van der Waals surface area contributed by atoms with Gasteiger partial charge in [-0.25, -0.2) is 9.59 Å². The molecule has 1 aromatic carbocycles. The number of rotatable bonds is 3. The molecule has 0 aliphatic carbocycles. The van der Waals surface area contributed by atoms with Crippen molar-refractivity contribution in [2.75, 3.05) is 13.1 Å². The van der Waals surface area contributed by atoms with E-state index in [4.69, 9.17) is 0 Å². The summed E-state index contributed by atoms with van der Waals surface area (Å²) in [5, 5.41) is 21.7. The van der Waals surface area contributed by atoms with E-state index in [1.165, 1.54) is 4.90 Å². The summed E-state index contributed by atoms with van der Waals surface area (Å²) in [7, 11) is 0. The highest BCUT2D eigenvalue weighted by molar-refractivity contribution is 5.83. The van der Waals surface area contributed by atoms with E-state index in [1.807, 2.05) is 0 Å². The van der Waals surface area contributed by atoms with Crippen LogP contribution in [0.25, 0.3) is 0 Å². The summed E-state index contributed by atoms with van der Waals surface area (Å²) in [6.45, 7) is 2.58. The van der Waals surface area contributed by atoms with Crippen molar-refractivity contribution in [1.29, 1.82) is 0 Å². The summed E-state index contributed by atoms with van der Waals surface area (Å²) in [5.41, 5.74) is -0.218. The Morgan fingerprint density at radius 2 is 1.81 bits per heavy atom. The van der Waals surface area contributed by atoms with Crippen LogP contribution in [0, 0.1) is 0 Å². The van der Waals surface area contributed by atoms with Gasteiger partial charge in [-0.05, 0) is 25.3 Å². The number of benzene rings is 1. The number of hydrogen-bond acceptors (Lipinski definition) is 3. The van der Waals surface area contributed by atoms with E-state index < -0.39 is 23.6 Å². The molecule has 6 nitrogen and oxygen atoms in total. The number of hydrogen-bond donors (Lipinski definition) is 3. The van der Waals surface area contributed by atoms with E-state index in [9.17, 15) is 19.8 Å². The van der Waals surface area contributed by atoms with Gasteiger partial charge in [0.25, 0.3) is 0 Å². The monoisotopic (exact) mass is 292 g/mol. The number of carbonyl (C=O) groups excluding carboxylic acids is 1. The Bertz CT molecular complexity index is 506. The van der Waals surface area contributed by atoms with Crippen molar-refractivity contribution < 1.29 is 19.8 Å². The van der Waals surface area contributed by atoms with Gasteiger partial charge in [0.1, 0.15) is 0 Å². The van der Waals surface area contributed by atoms with Crippen LogP contribution in [0.4, 0.5) is 4.79 Å². The molecule has 0 aromatic heterocycles. The van der Waals surface area contributed by atoms with Gasteiger partial charge in [-0.3, -0.25) is 0 Å². The van der Waals surface area contributed by atoms with E-state index in [0.717, 1.165) is 0 Å². The third kappa shape index (κ3) is 3.95. The summed E-state index contributed by atoms with van der Waals surface area (Å²) in [5.74, 6) is -1.10. The van der Waals surface area contributed by atoms with Crippen LogP contribution in [0.5, 0.6) is 0 Å². The molecule has 0 spiro atoms. The predicted molar refractivity (Wildman–Crippen MR) is 76.8 cm³/mol. The maximum atomic E-state index is 12.2. The van der Waals surface area contributed by atoms with Crippen LogP contribution in [-0.2, 0) is 4.79 Å². The molecule has 1 saturated heterocycles. The Morgan fingerprint density at radius 1 is 1.24 bits per heavy atom. The Kier molecular flexibility index (Phi) is 4.47. The quantitative estimate of drug-likeness (QED) is 0.785. The number of carbonyl (C=O) groups is 2. The molecule has 21 heavy (non-hydrogen) atoms. The second kappa shape index (κ2) is 6.13. The molecule has 3 N–H and O–H groups in total. The molecule has 2 amide bonds. The number of aliphatic hydroxyl groups is 1. The number of piperidine rings is 1. The van der Waals surface area contributed by atoms with Crippen molar-refractivity contribution in [3.05, 3.63) is 35.9 Å². The SMILES string of the molecule is CC1(O)CCN(C(=O)N[C@@H](C(=O)O)c2ccccc2)CC1. The number of amides is 2. The molecule has 1 atom stereocenters. The lowest BCUT2D eigenvalue weighted by Gasteiger charge is -2.36. The first kappa shape index (κ1) is 15.3. The molecule has 0 unspecified atom stereocenters. The first-order valence-electron chi connectivity index (χ1n) is 6.95. The average molecular weight is 292 g/mol. The summed E-state index contributed by atoms with van der Waals surface area (Å²) in [4.78, 5) is 25.1. The van der Waals surface area contributed by atoms with Crippen molar-refractivity contribution in [2.24, 2.45) is 0 Å². The van der Waals surface area contributed by atoms with E-state index in [2.05, 4.69) is 5.32 Å². The van der Waals surface area contributed by atoms with Gasteiger partial charge < -0.3 is 20.4 Å². The van der Waals surface area contributed by atoms with Crippen LogP contribution in [0.3, 0.4) is 0 Å². The van der Waals surface area contributed by atoms with E-state index in [1.54, 1.807) is 37.3 Å². The molecular weight excluding hydrogens is 272 g/mol. The molecule has 2 rings (SSSR count). The highest BCUT2D eigenvalue weighted by Crippen LogP contribution is 2.21. The molecule has 6 heteroatoms. The Hall–Kier alpha value is -2.08. The largest absolute Gasteiger partial charge is 0.479 e. The standard InChI is InChI=1S/C15H20N2O4/c1-15(21)7-9-17(10-8-15)14(20)16-12(13(18)19)11-5-3-2-4-6-11/h2-6,12,21H,7-10H2,1H3,(H,16,20)(H,18,19)/t12-/m1/s1. The zero-order valence-corrected chi connectivity index (χ0v) is 12.0. The first-order valence-corrected chi connectivity index (χ1v) is 6.95. The summed E-state index contributed by atoms with van der Waals surface area (Å²) >= 11 is 0. The van der Waals surface area contributed by atoms with Crippen LogP contribution in [-0.4, -0.2) is 45.8 Å². The molecular formula is C15H20N2O4. The van der Waals surface area contributed by atoms with Crippen molar-refractivity contribution in [2.45, 2.75) is 31.4 Å². The second-order valence-electron chi connectivity index (χ2n) is 5.62. The maximum absolute atomic E-state index is 12.2. The first-order chi connectivity index (χ1) is 9.89. The van der Waals surface area contributed by atoms with Crippen molar-refractivity contribution in [3.8, 4) is 0 Å². The number of nitrogens with one attached hydrogen (secondary N) is 1. The average Bonchev–Trinajstić information content (AvgIpc) is 2.45. The number of urea groups is 1. The van der Waals surface area contributed by atoms with Crippen LogP contribution in [0.15, 0.2) is 30.3 Å². The third-order valence-corrected chi connectivity index (χ3v) is 3.78. The molecule has 0 radical (unpaired) electrons. The second-order valence-corrected chi connectivity index (χ2v) is 5.62. The topological polar surface area (TPSA) is 89.9 Å². The van der Waals surface area contributed by atoms with Gasteiger partial charge in [0.15, 0.2) is 6.04 Å². The molecule has 1 aromatic rings. The van der Waals surface area contributed by atoms with Crippen molar-refractivity contribution in [1.82, 2.24) is 10.2 Å². The smallest absolute Gasteiger partial charge is 0.330 e. The van der Waals surface area contributed by atoms with E-state index in [0.29, 0.717) is 31.5 Å². The summed E-state index contributed by atoms with van der Waals surface area (Å²) in [6.07, 6.45) is 0.979. The lowest BCUT2D eigenvalue weighted by Crippen LogP contribution is -2.50. The summed E-state index contributed by atoms with van der Waals surface area (Å²) < 4.78 is 0. The fourth-order valence-electron chi connectivity index (χ4n) is 2.34. The Labute approximate surface area is 123 Å². The number of likely N-dealkylation sites (tertiary alicyclic amines) is 1. The highest BCUT2D eigenvalue weighted by Gasteiger charge is 2.31. The van der Waals surface area contributed by atoms with Gasteiger partial charge in [-0.1, -0.05) is 30.3 Å². The van der Waals surface area contributed by atoms with Gasteiger partial charge in [0.05, 0.1) is 5.60 Å². The molecule has 0 saturated carbocycles. The zero-order chi connectivity index (χ0) is 15.5.